The van der Waals surface area contributed by atoms with Crippen molar-refractivity contribution in [3.63, 3.8) is 0 Å². The lowest BCUT2D eigenvalue weighted by Crippen LogP contribution is -2.45. The van der Waals surface area contributed by atoms with Crippen molar-refractivity contribution < 1.29 is 17.9 Å². The van der Waals surface area contributed by atoms with Gasteiger partial charge in [0.25, 0.3) is 0 Å². The van der Waals surface area contributed by atoms with Gasteiger partial charge in [-0.25, -0.2) is 0 Å². The minimum absolute atomic E-state index is 0. The summed E-state index contributed by atoms with van der Waals surface area (Å²) in [5, 5.41) is 3.33. The molecule has 3 nitrogen and oxygen atoms in total. The molecule has 1 aliphatic heterocycles. The highest BCUT2D eigenvalue weighted by atomic mass is 35.5. The van der Waals surface area contributed by atoms with Crippen LogP contribution in [0.1, 0.15) is 21.4 Å². The highest BCUT2D eigenvalue weighted by molar-refractivity contribution is 7.12. The number of nitrogens with zero attached hydrogens (tertiary/aromatic N) is 1. The fourth-order valence-corrected chi connectivity index (χ4v) is 3.99. The Bertz CT molecular complexity index is 673. The van der Waals surface area contributed by atoms with Gasteiger partial charge >= 0.3 is 6.36 Å². The van der Waals surface area contributed by atoms with Crippen LogP contribution in [0.15, 0.2) is 36.4 Å². The Morgan fingerprint density at radius 1 is 1.04 bits per heavy atom. The zero-order chi connectivity index (χ0) is 17.2. The second-order valence-electron chi connectivity index (χ2n) is 5.75. The summed E-state index contributed by atoms with van der Waals surface area (Å²) in [6, 6.07) is 10.5. The molecule has 0 saturated carbocycles. The van der Waals surface area contributed by atoms with Crippen LogP contribution >= 0.6 is 36.2 Å². The van der Waals surface area contributed by atoms with Gasteiger partial charge in [-0.15, -0.1) is 49.3 Å². The first kappa shape index (κ1) is 23.0. The molecule has 1 aromatic heterocycles. The summed E-state index contributed by atoms with van der Waals surface area (Å²) in [5.41, 5.74) is 0.980. The van der Waals surface area contributed by atoms with Gasteiger partial charge in [0.1, 0.15) is 5.75 Å². The van der Waals surface area contributed by atoms with Crippen LogP contribution in [-0.2, 0) is 0 Å². The molecule has 0 aliphatic carbocycles. The number of hydrogen-bond acceptors (Lipinski definition) is 4. The van der Waals surface area contributed by atoms with Crippen molar-refractivity contribution in [3.05, 3.63) is 51.7 Å². The lowest BCUT2D eigenvalue weighted by molar-refractivity contribution is -0.274. The monoisotopic (exact) mass is 428 g/mol. The number of piperazine rings is 1. The summed E-state index contributed by atoms with van der Waals surface area (Å²) in [7, 11) is 0. The first-order chi connectivity index (χ1) is 11.4. The van der Waals surface area contributed by atoms with Gasteiger partial charge in [-0.1, -0.05) is 12.1 Å². The number of hydrogen-bond donors (Lipinski definition) is 1. The van der Waals surface area contributed by atoms with E-state index in [4.69, 9.17) is 0 Å². The third-order valence-electron chi connectivity index (χ3n) is 3.98. The molecule has 9 heteroatoms. The summed E-state index contributed by atoms with van der Waals surface area (Å²) >= 11 is 1.73. The summed E-state index contributed by atoms with van der Waals surface area (Å²) in [6.07, 6.45) is -4.66. The van der Waals surface area contributed by atoms with E-state index in [1.165, 1.54) is 21.9 Å². The quantitative estimate of drug-likeness (QED) is 0.756. The maximum absolute atomic E-state index is 12.3. The van der Waals surface area contributed by atoms with Crippen molar-refractivity contribution in [2.24, 2.45) is 0 Å². The van der Waals surface area contributed by atoms with Gasteiger partial charge in [0, 0.05) is 35.9 Å². The molecule has 1 N–H and O–H groups in total. The third-order valence-corrected chi connectivity index (χ3v) is 5.03. The van der Waals surface area contributed by atoms with Crippen molar-refractivity contribution >= 4 is 36.2 Å². The first-order valence-corrected chi connectivity index (χ1v) is 8.61. The van der Waals surface area contributed by atoms with Crippen LogP contribution in [0.25, 0.3) is 0 Å². The predicted octanol–water partition coefficient (Wildman–Crippen LogP) is 4.79. The molecule has 146 valence electrons. The minimum atomic E-state index is -4.66. The molecule has 26 heavy (non-hydrogen) atoms. The molecule has 3 rings (SSSR count). The van der Waals surface area contributed by atoms with Crippen LogP contribution < -0.4 is 10.1 Å². The fraction of sp³-hybridized carbons (Fsp3) is 0.412. The number of benzene rings is 1. The highest BCUT2D eigenvalue weighted by Gasteiger charge is 2.31. The maximum Gasteiger partial charge on any atom is 0.573 e. The number of alkyl halides is 3. The van der Waals surface area contributed by atoms with Crippen molar-refractivity contribution in [1.82, 2.24) is 10.2 Å². The van der Waals surface area contributed by atoms with E-state index in [2.05, 4.69) is 34.0 Å². The normalized spacial score (nSPS) is 16.3. The van der Waals surface area contributed by atoms with Crippen molar-refractivity contribution in [2.45, 2.75) is 19.3 Å². The van der Waals surface area contributed by atoms with Crippen LogP contribution in [0.3, 0.4) is 0 Å². The molecule has 2 heterocycles. The summed E-state index contributed by atoms with van der Waals surface area (Å²) in [4.78, 5) is 4.79. The number of rotatable bonds is 4. The van der Waals surface area contributed by atoms with E-state index >= 15 is 0 Å². The van der Waals surface area contributed by atoms with Crippen LogP contribution in [0, 0.1) is 6.92 Å². The van der Waals surface area contributed by atoms with E-state index in [-0.39, 0.29) is 36.6 Å². The lowest BCUT2D eigenvalue weighted by Gasteiger charge is -2.34. The summed E-state index contributed by atoms with van der Waals surface area (Å²) in [5.74, 6) is -0.187. The van der Waals surface area contributed by atoms with E-state index in [1.807, 2.05) is 0 Å². The van der Waals surface area contributed by atoms with Crippen LogP contribution in [0.4, 0.5) is 13.2 Å². The van der Waals surface area contributed by atoms with Gasteiger partial charge in [-0.05, 0) is 36.8 Å². The molecular formula is C17H21Cl2F3N2OS. The minimum Gasteiger partial charge on any atom is -0.406 e. The van der Waals surface area contributed by atoms with Gasteiger partial charge in [0.15, 0.2) is 0 Å². The Balaban J connectivity index is 0.00000169. The van der Waals surface area contributed by atoms with Gasteiger partial charge in [0.2, 0.25) is 0 Å². The van der Waals surface area contributed by atoms with Crippen LogP contribution in [0.2, 0.25) is 0 Å². The zero-order valence-electron chi connectivity index (χ0n) is 14.1. The van der Waals surface area contributed by atoms with Crippen molar-refractivity contribution in [3.8, 4) is 5.75 Å². The third kappa shape index (κ3) is 6.03. The smallest absolute Gasteiger partial charge is 0.406 e. The van der Waals surface area contributed by atoms with E-state index in [9.17, 15) is 13.2 Å². The summed E-state index contributed by atoms with van der Waals surface area (Å²) in [6.45, 7) is 5.69. The Kier molecular flexibility index (Phi) is 8.69. The van der Waals surface area contributed by atoms with Crippen LogP contribution in [0.5, 0.6) is 5.75 Å². The van der Waals surface area contributed by atoms with E-state index in [1.54, 1.807) is 23.5 Å². The largest absolute Gasteiger partial charge is 0.573 e. The molecule has 0 radical (unpaired) electrons. The van der Waals surface area contributed by atoms with Gasteiger partial charge in [-0.2, -0.15) is 0 Å². The number of nitrogens with one attached hydrogen (secondary N) is 1. The fourth-order valence-electron chi connectivity index (χ4n) is 2.95. The molecule has 1 aromatic carbocycles. The molecule has 1 aliphatic rings. The first-order valence-electron chi connectivity index (χ1n) is 7.79. The molecule has 0 bridgehead atoms. The lowest BCUT2D eigenvalue weighted by atomic mass is 10.0. The van der Waals surface area contributed by atoms with Gasteiger partial charge in [-0.3, -0.25) is 4.90 Å². The Hall–Kier alpha value is -0.990. The van der Waals surface area contributed by atoms with Crippen LogP contribution in [-0.4, -0.2) is 37.4 Å². The summed E-state index contributed by atoms with van der Waals surface area (Å²) < 4.78 is 40.9. The van der Waals surface area contributed by atoms with Gasteiger partial charge in [0.05, 0.1) is 6.04 Å². The number of thiophene rings is 1. The Morgan fingerprint density at radius 3 is 2.15 bits per heavy atom. The number of aryl methyl sites for hydroxylation is 1. The van der Waals surface area contributed by atoms with E-state index in [0.29, 0.717) is 0 Å². The second kappa shape index (κ2) is 9.80. The Morgan fingerprint density at radius 2 is 1.65 bits per heavy atom. The predicted molar refractivity (Wildman–Crippen MR) is 103 cm³/mol. The molecule has 1 atom stereocenters. The topological polar surface area (TPSA) is 24.5 Å². The SMILES string of the molecule is Cc1ccc([C@@H](c2ccc(OC(F)(F)F)cc2)N2CCNCC2)s1.Cl.Cl. The van der Waals surface area contributed by atoms with E-state index in [0.717, 1.165) is 31.7 Å². The van der Waals surface area contributed by atoms with Crippen molar-refractivity contribution in [1.29, 1.82) is 0 Å². The Labute approximate surface area is 167 Å². The molecule has 0 amide bonds. The molecule has 1 fully saturated rings. The molecule has 1 saturated heterocycles. The molecular weight excluding hydrogens is 408 g/mol. The molecule has 2 aromatic rings. The number of ether oxygens (including phenoxy) is 1. The number of halogens is 5. The average molecular weight is 429 g/mol. The second-order valence-corrected chi connectivity index (χ2v) is 7.07. The highest BCUT2D eigenvalue weighted by Crippen LogP contribution is 2.34. The molecule has 0 spiro atoms. The molecule has 0 unspecified atom stereocenters. The standard InChI is InChI=1S/C17H19F3N2OS.2ClH/c1-12-2-7-15(24-12)16(22-10-8-21-9-11-22)13-3-5-14(6-4-13)23-17(18,19)20;;/h2-7,16,21H,8-11H2,1H3;2*1H/t16-;;/m1../s1. The van der Waals surface area contributed by atoms with E-state index < -0.39 is 6.36 Å². The van der Waals surface area contributed by atoms with Crippen molar-refractivity contribution in [2.75, 3.05) is 26.2 Å². The van der Waals surface area contributed by atoms with Gasteiger partial charge < -0.3 is 10.1 Å². The zero-order valence-corrected chi connectivity index (χ0v) is 16.5. The average Bonchev–Trinajstić information content (AvgIpc) is 2.95. The maximum atomic E-state index is 12.3.